The molecule has 0 fully saturated rings. The van der Waals surface area contributed by atoms with Crippen LogP contribution in [0.4, 0.5) is 0 Å². The molecule has 0 atom stereocenters. The SMILES string of the molecule is C[Si](C)(C)Cc1ccnc(Cl)c1. The quantitative estimate of drug-likeness (QED) is 0.527. The van der Waals surface area contributed by atoms with Crippen LogP contribution in [-0.2, 0) is 6.04 Å². The van der Waals surface area contributed by atoms with Gasteiger partial charge in [0.25, 0.3) is 0 Å². The van der Waals surface area contributed by atoms with Crippen LogP contribution < -0.4 is 0 Å². The van der Waals surface area contributed by atoms with Gasteiger partial charge < -0.3 is 0 Å². The lowest BCUT2D eigenvalue weighted by Crippen LogP contribution is -2.23. The van der Waals surface area contributed by atoms with Gasteiger partial charge in [0.05, 0.1) is 0 Å². The molecule has 0 saturated heterocycles. The Morgan fingerprint density at radius 3 is 2.58 bits per heavy atom. The first-order chi connectivity index (χ1) is 5.47. The summed E-state index contributed by atoms with van der Waals surface area (Å²) in [5.74, 6) is 0. The molecule has 0 aliphatic carbocycles. The van der Waals surface area contributed by atoms with E-state index >= 15 is 0 Å². The molecule has 0 unspecified atom stereocenters. The van der Waals surface area contributed by atoms with Crippen molar-refractivity contribution in [3.8, 4) is 0 Å². The predicted molar refractivity (Wildman–Crippen MR) is 56.3 cm³/mol. The van der Waals surface area contributed by atoms with Crippen LogP contribution >= 0.6 is 11.6 Å². The van der Waals surface area contributed by atoms with Gasteiger partial charge in [0, 0.05) is 14.3 Å². The van der Waals surface area contributed by atoms with E-state index in [1.165, 1.54) is 11.6 Å². The summed E-state index contributed by atoms with van der Waals surface area (Å²) in [6, 6.07) is 5.18. The summed E-state index contributed by atoms with van der Waals surface area (Å²) in [5, 5.41) is 0.603. The van der Waals surface area contributed by atoms with Crippen molar-refractivity contribution in [3.63, 3.8) is 0 Å². The lowest BCUT2D eigenvalue weighted by Gasteiger charge is -2.15. The third-order valence-electron chi connectivity index (χ3n) is 1.53. The van der Waals surface area contributed by atoms with E-state index in [1.54, 1.807) is 6.20 Å². The largest absolute Gasteiger partial charge is 0.245 e. The van der Waals surface area contributed by atoms with Crippen LogP contribution in [0.2, 0.25) is 24.8 Å². The van der Waals surface area contributed by atoms with Gasteiger partial charge in [-0.25, -0.2) is 4.98 Å². The van der Waals surface area contributed by atoms with Gasteiger partial charge in [0.1, 0.15) is 5.15 Å². The zero-order valence-corrected chi connectivity index (χ0v) is 9.52. The molecule has 1 aromatic heterocycles. The standard InChI is InChI=1S/C9H14ClNSi/c1-12(2,3)7-8-4-5-11-9(10)6-8/h4-6H,7H2,1-3H3. The van der Waals surface area contributed by atoms with E-state index in [2.05, 4.69) is 24.6 Å². The van der Waals surface area contributed by atoms with Crippen LogP contribution in [0.3, 0.4) is 0 Å². The highest BCUT2D eigenvalue weighted by Gasteiger charge is 2.13. The minimum Gasteiger partial charge on any atom is -0.245 e. The monoisotopic (exact) mass is 199 g/mol. The van der Waals surface area contributed by atoms with E-state index < -0.39 is 8.07 Å². The molecule has 0 saturated carbocycles. The van der Waals surface area contributed by atoms with Crippen molar-refractivity contribution < 1.29 is 0 Å². The van der Waals surface area contributed by atoms with Crippen molar-refractivity contribution in [2.75, 3.05) is 0 Å². The second kappa shape index (κ2) is 3.58. The summed E-state index contributed by atoms with van der Waals surface area (Å²) in [7, 11) is -1.01. The molecular formula is C9H14ClNSi. The number of halogens is 1. The molecule has 0 aliphatic rings. The molecule has 1 nitrogen and oxygen atoms in total. The fourth-order valence-corrected chi connectivity index (χ4v) is 2.81. The first kappa shape index (κ1) is 9.74. The van der Waals surface area contributed by atoms with Crippen molar-refractivity contribution in [1.29, 1.82) is 0 Å². The Morgan fingerprint density at radius 1 is 1.42 bits per heavy atom. The summed E-state index contributed by atoms with van der Waals surface area (Å²) in [5.41, 5.74) is 1.31. The number of hydrogen-bond acceptors (Lipinski definition) is 1. The maximum atomic E-state index is 5.78. The molecule has 0 amide bonds. The summed E-state index contributed by atoms with van der Waals surface area (Å²) < 4.78 is 0. The average Bonchev–Trinajstić information content (AvgIpc) is 1.82. The lowest BCUT2D eigenvalue weighted by atomic mass is 10.3. The maximum Gasteiger partial charge on any atom is 0.129 e. The van der Waals surface area contributed by atoms with E-state index in [1.807, 2.05) is 12.1 Å². The average molecular weight is 200 g/mol. The molecule has 1 aromatic rings. The van der Waals surface area contributed by atoms with Gasteiger partial charge >= 0.3 is 0 Å². The lowest BCUT2D eigenvalue weighted by molar-refractivity contribution is 1.23. The molecular weight excluding hydrogens is 186 g/mol. The van der Waals surface area contributed by atoms with Crippen LogP contribution in [0.25, 0.3) is 0 Å². The third-order valence-corrected chi connectivity index (χ3v) is 3.20. The van der Waals surface area contributed by atoms with Gasteiger partial charge in [-0.3, -0.25) is 0 Å². The Bertz CT molecular complexity index is 267. The number of pyridine rings is 1. The van der Waals surface area contributed by atoms with Crippen LogP contribution in [0, 0.1) is 0 Å². The minimum atomic E-state index is -1.01. The summed E-state index contributed by atoms with van der Waals surface area (Å²) in [6.07, 6.45) is 1.78. The third kappa shape index (κ3) is 3.37. The first-order valence-corrected chi connectivity index (χ1v) is 8.16. The number of nitrogens with zero attached hydrogens (tertiary/aromatic N) is 1. The van der Waals surface area contributed by atoms with Crippen LogP contribution in [0.5, 0.6) is 0 Å². The Hall–Kier alpha value is -0.343. The second-order valence-corrected chi connectivity index (χ2v) is 10.1. The highest BCUT2D eigenvalue weighted by molar-refractivity contribution is 6.75. The van der Waals surface area contributed by atoms with Crippen molar-refractivity contribution >= 4 is 19.7 Å². The van der Waals surface area contributed by atoms with E-state index in [9.17, 15) is 0 Å². The summed E-state index contributed by atoms with van der Waals surface area (Å²) in [4.78, 5) is 3.95. The molecule has 3 heteroatoms. The minimum absolute atomic E-state index is 0.603. The van der Waals surface area contributed by atoms with Gasteiger partial charge in [-0.05, 0) is 23.7 Å². The van der Waals surface area contributed by atoms with Crippen LogP contribution in [0.15, 0.2) is 18.3 Å². The predicted octanol–water partition coefficient (Wildman–Crippen LogP) is 3.15. The Labute approximate surface area is 79.8 Å². The van der Waals surface area contributed by atoms with Gasteiger partial charge in [0.15, 0.2) is 0 Å². The topological polar surface area (TPSA) is 12.9 Å². The summed E-state index contributed by atoms with van der Waals surface area (Å²) in [6.45, 7) is 7.05. The Kier molecular flexibility index (Phi) is 2.91. The molecule has 0 aliphatic heterocycles. The highest BCUT2D eigenvalue weighted by Crippen LogP contribution is 2.13. The summed E-state index contributed by atoms with van der Waals surface area (Å²) >= 11 is 5.78. The molecule has 12 heavy (non-hydrogen) atoms. The van der Waals surface area contributed by atoms with E-state index in [4.69, 9.17) is 11.6 Å². The molecule has 0 spiro atoms. The van der Waals surface area contributed by atoms with Gasteiger partial charge in [-0.2, -0.15) is 0 Å². The van der Waals surface area contributed by atoms with E-state index in [0.717, 1.165) is 0 Å². The molecule has 66 valence electrons. The molecule has 0 bridgehead atoms. The molecule has 1 heterocycles. The fraction of sp³-hybridized carbons (Fsp3) is 0.444. The van der Waals surface area contributed by atoms with Crippen molar-refractivity contribution in [3.05, 3.63) is 29.0 Å². The molecule has 0 aromatic carbocycles. The molecule has 0 N–H and O–H groups in total. The van der Waals surface area contributed by atoms with E-state index in [0.29, 0.717) is 5.15 Å². The number of hydrogen-bond donors (Lipinski definition) is 0. The molecule has 0 radical (unpaired) electrons. The zero-order valence-electron chi connectivity index (χ0n) is 7.76. The zero-order chi connectivity index (χ0) is 9.19. The van der Waals surface area contributed by atoms with E-state index in [-0.39, 0.29) is 0 Å². The van der Waals surface area contributed by atoms with Crippen molar-refractivity contribution in [2.24, 2.45) is 0 Å². The van der Waals surface area contributed by atoms with Gasteiger partial charge in [-0.1, -0.05) is 31.2 Å². The van der Waals surface area contributed by atoms with Crippen molar-refractivity contribution in [1.82, 2.24) is 4.98 Å². The van der Waals surface area contributed by atoms with Gasteiger partial charge in [-0.15, -0.1) is 0 Å². The van der Waals surface area contributed by atoms with Crippen molar-refractivity contribution in [2.45, 2.75) is 25.7 Å². The first-order valence-electron chi connectivity index (χ1n) is 4.08. The smallest absolute Gasteiger partial charge is 0.129 e. The van der Waals surface area contributed by atoms with Crippen LogP contribution in [0.1, 0.15) is 5.56 Å². The van der Waals surface area contributed by atoms with Crippen LogP contribution in [-0.4, -0.2) is 13.1 Å². The second-order valence-electron chi connectivity index (χ2n) is 4.22. The number of aromatic nitrogens is 1. The fourth-order valence-electron chi connectivity index (χ4n) is 1.16. The number of rotatable bonds is 2. The van der Waals surface area contributed by atoms with Gasteiger partial charge in [0.2, 0.25) is 0 Å². The molecule has 1 rings (SSSR count). The highest BCUT2D eigenvalue weighted by atomic mass is 35.5. The normalized spacial score (nSPS) is 11.7. The Balaban J connectivity index is 2.77. The Morgan fingerprint density at radius 2 is 2.08 bits per heavy atom. The maximum absolute atomic E-state index is 5.78.